The van der Waals surface area contributed by atoms with E-state index in [9.17, 15) is 9.59 Å². The Morgan fingerprint density at radius 2 is 2.05 bits per heavy atom. The predicted molar refractivity (Wildman–Crippen MR) is 69.3 cm³/mol. The SMILES string of the molecule is CC(C)(C)OC(=O)N1CCc2nnc(C(=O)O)cc2C1. The second-order valence-electron chi connectivity index (χ2n) is 5.66. The first-order valence-electron chi connectivity index (χ1n) is 6.33. The lowest BCUT2D eigenvalue weighted by molar-refractivity contribution is 0.0222. The van der Waals surface area contributed by atoms with Crippen molar-refractivity contribution < 1.29 is 19.4 Å². The van der Waals surface area contributed by atoms with Crippen LogP contribution in [0, 0.1) is 0 Å². The Kier molecular flexibility index (Phi) is 3.61. The minimum atomic E-state index is -1.13. The van der Waals surface area contributed by atoms with Gasteiger partial charge in [-0.25, -0.2) is 9.59 Å². The van der Waals surface area contributed by atoms with E-state index in [4.69, 9.17) is 9.84 Å². The van der Waals surface area contributed by atoms with Gasteiger partial charge in [0.25, 0.3) is 0 Å². The second kappa shape index (κ2) is 5.07. The fraction of sp³-hybridized carbons (Fsp3) is 0.538. The van der Waals surface area contributed by atoms with Crippen LogP contribution in [0.25, 0.3) is 0 Å². The van der Waals surface area contributed by atoms with Crippen molar-refractivity contribution >= 4 is 12.1 Å². The van der Waals surface area contributed by atoms with Crippen LogP contribution in [-0.4, -0.2) is 44.4 Å². The maximum atomic E-state index is 12.0. The topological polar surface area (TPSA) is 92.6 Å². The van der Waals surface area contributed by atoms with Crippen LogP contribution >= 0.6 is 0 Å². The van der Waals surface area contributed by atoms with E-state index in [0.29, 0.717) is 25.1 Å². The van der Waals surface area contributed by atoms with Crippen LogP contribution in [0.3, 0.4) is 0 Å². The van der Waals surface area contributed by atoms with E-state index in [1.165, 1.54) is 6.07 Å². The Labute approximate surface area is 116 Å². The molecular weight excluding hydrogens is 262 g/mol. The number of carbonyl (C=O) groups is 2. The minimum Gasteiger partial charge on any atom is -0.476 e. The quantitative estimate of drug-likeness (QED) is 0.836. The number of rotatable bonds is 1. The molecule has 0 saturated heterocycles. The average molecular weight is 279 g/mol. The van der Waals surface area contributed by atoms with E-state index in [1.54, 1.807) is 25.7 Å². The van der Waals surface area contributed by atoms with Crippen molar-refractivity contribution in [2.75, 3.05) is 6.54 Å². The molecule has 1 aliphatic rings. The normalized spacial score (nSPS) is 14.7. The summed E-state index contributed by atoms with van der Waals surface area (Å²) in [6, 6.07) is 1.46. The highest BCUT2D eigenvalue weighted by Crippen LogP contribution is 2.19. The molecule has 0 saturated carbocycles. The third kappa shape index (κ3) is 3.23. The monoisotopic (exact) mass is 279 g/mol. The van der Waals surface area contributed by atoms with Crippen LogP contribution < -0.4 is 0 Å². The van der Waals surface area contributed by atoms with Crippen molar-refractivity contribution in [2.45, 2.75) is 39.3 Å². The molecule has 0 unspecified atom stereocenters. The summed E-state index contributed by atoms with van der Waals surface area (Å²) in [5.74, 6) is -1.13. The van der Waals surface area contributed by atoms with E-state index in [-0.39, 0.29) is 5.69 Å². The highest BCUT2D eigenvalue weighted by Gasteiger charge is 2.27. The number of fused-ring (bicyclic) bond motifs is 1. The molecule has 2 rings (SSSR count). The Bertz CT molecular complexity index is 551. The molecule has 1 N–H and O–H groups in total. The van der Waals surface area contributed by atoms with Gasteiger partial charge in [0.05, 0.1) is 12.2 Å². The molecule has 0 atom stereocenters. The number of aromatic carboxylic acids is 1. The Morgan fingerprint density at radius 3 is 2.65 bits per heavy atom. The number of carbonyl (C=O) groups excluding carboxylic acids is 1. The molecule has 7 nitrogen and oxygen atoms in total. The number of hydrogen-bond acceptors (Lipinski definition) is 5. The van der Waals surface area contributed by atoms with Gasteiger partial charge in [-0.2, -0.15) is 5.10 Å². The van der Waals surface area contributed by atoms with E-state index in [2.05, 4.69) is 10.2 Å². The summed E-state index contributed by atoms with van der Waals surface area (Å²) >= 11 is 0. The van der Waals surface area contributed by atoms with E-state index < -0.39 is 17.7 Å². The molecule has 0 bridgehead atoms. The molecule has 0 fully saturated rings. The second-order valence-corrected chi connectivity index (χ2v) is 5.66. The van der Waals surface area contributed by atoms with Crippen LogP contribution in [0.1, 0.15) is 42.5 Å². The zero-order valence-electron chi connectivity index (χ0n) is 11.7. The summed E-state index contributed by atoms with van der Waals surface area (Å²) < 4.78 is 5.30. The zero-order valence-corrected chi connectivity index (χ0v) is 11.7. The summed E-state index contributed by atoms with van der Waals surface area (Å²) in [5.41, 5.74) is 0.763. The Hall–Kier alpha value is -2.18. The van der Waals surface area contributed by atoms with Gasteiger partial charge in [-0.05, 0) is 32.4 Å². The summed E-state index contributed by atoms with van der Waals surface area (Å²) in [6.07, 6.45) is 0.137. The number of ether oxygens (including phenoxy) is 1. The van der Waals surface area contributed by atoms with Gasteiger partial charge in [-0.15, -0.1) is 5.10 Å². The van der Waals surface area contributed by atoms with Gasteiger partial charge in [0.1, 0.15) is 5.60 Å². The van der Waals surface area contributed by atoms with Crippen molar-refractivity contribution in [3.05, 3.63) is 23.0 Å². The standard InChI is InChI=1S/C13H17N3O4/c1-13(2,3)20-12(19)16-5-4-9-8(7-16)6-10(11(17)18)15-14-9/h6H,4-5,7H2,1-3H3,(H,17,18). The molecule has 0 aliphatic carbocycles. The third-order valence-electron chi connectivity index (χ3n) is 2.81. The molecule has 20 heavy (non-hydrogen) atoms. The van der Waals surface area contributed by atoms with Crippen molar-refractivity contribution in [1.82, 2.24) is 15.1 Å². The van der Waals surface area contributed by atoms with Gasteiger partial charge in [0.2, 0.25) is 0 Å². The first kappa shape index (κ1) is 14.2. The lowest BCUT2D eigenvalue weighted by atomic mass is 10.1. The lowest BCUT2D eigenvalue weighted by Gasteiger charge is -2.30. The van der Waals surface area contributed by atoms with E-state index in [1.807, 2.05) is 0 Å². The molecule has 1 amide bonds. The largest absolute Gasteiger partial charge is 0.476 e. The maximum absolute atomic E-state index is 12.0. The molecular formula is C13H17N3O4. The molecule has 1 aliphatic heterocycles. The highest BCUT2D eigenvalue weighted by molar-refractivity contribution is 5.85. The number of nitrogens with zero attached hydrogens (tertiary/aromatic N) is 3. The molecule has 0 aromatic carbocycles. The number of carboxylic acid groups (broad SMARTS) is 1. The van der Waals surface area contributed by atoms with Gasteiger partial charge in [0, 0.05) is 13.0 Å². The summed E-state index contributed by atoms with van der Waals surface area (Å²) in [7, 11) is 0. The lowest BCUT2D eigenvalue weighted by Crippen LogP contribution is -2.40. The summed E-state index contributed by atoms with van der Waals surface area (Å²) in [5, 5.41) is 16.4. The van der Waals surface area contributed by atoms with E-state index in [0.717, 1.165) is 5.69 Å². The molecule has 0 radical (unpaired) electrons. The van der Waals surface area contributed by atoms with Crippen molar-refractivity contribution in [3.63, 3.8) is 0 Å². The first-order chi connectivity index (χ1) is 9.26. The molecule has 1 aromatic rings. The highest BCUT2D eigenvalue weighted by atomic mass is 16.6. The molecule has 0 spiro atoms. The fourth-order valence-corrected chi connectivity index (χ4v) is 1.92. The van der Waals surface area contributed by atoms with Gasteiger partial charge < -0.3 is 14.7 Å². The molecule has 7 heteroatoms. The average Bonchev–Trinajstić information content (AvgIpc) is 2.35. The first-order valence-corrected chi connectivity index (χ1v) is 6.33. The number of hydrogen-bond donors (Lipinski definition) is 1. The van der Waals surface area contributed by atoms with Gasteiger partial charge >= 0.3 is 12.1 Å². The number of amides is 1. The van der Waals surface area contributed by atoms with Crippen molar-refractivity contribution in [2.24, 2.45) is 0 Å². The molecule has 1 aromatic heterocycles. The maximum Gasteiger partial charge on any atom is 0.410 e. The minimum absolute atomic E-state index is 0.116. The van der Waals surface area contributed by atoms with Gasteiger partial charge in [-0.1, -0.05) is 0 Å². The smallest absolute Gasteiger partial charge is 0.410 e. The molecule has 108 valence electrons. The van der Waals surface area contributed by atoms with Crippen LogP contribution in [0.2, 0.25) is 0 Å². The van der Waals surface area contributed by atoms with Crippen LogP contribution in [0.4, 0.5) is 4.79 Å². The zero-order chi connectivity index (χ0) is 14.9. The van der Waals surface area contributed by atoms with Crippen LogP contribution in [-0.2, 0) is 17.7 Å². The van der Waals surface area contributed by atoms with Gasteiger partial charge in [-0.3, -0.25) is 0 Å². The van der Waals surface area contributed by atoms with Crippen molar-refractivity contribution in [3.8, 4) is 0 Å². The third-order valence-corrected chi connectivity index (χ3v) is 2.81. The van der Waals surface area contributed by atoms with E-state index >= 15 is 0 Å². The predicted octanol–water partition coefficient (Wildman–Crippen LogP) is 1.47. The number of aromatic nitrogens is 2. The van der Waals surface area contributed by atoms with Crippen molar-refractivity contribution in [1.29, 1.82) is 0 Å². The fourth-order valence-electron chi connectivity index (χ4n) is 1.92. The number of carboxylic acids is 1. The molecule has 2 heterocycles. The van der Waals surface area contributed by atoms with Crippen LogP contribution in [0.15, 0.2) is 6.07 Å². The Balaban J connectivity index is 2.15. The van der Waals surface area contributed by atoms with Crippen LogP contribution in [0.5, 0.6) is 0 Å². The Morgan fingerprint density at radius 1 is 1.35 bits per heavy atom. The van der Waals surface area contributed by atoms with Gasteiger partial charge in [0.15, 0.2) is 5.69 Å². The summed E-state index contributed by atoms with van der Waals surface area (Å²) in [4.78, 5) is 24.4. The summed E-state index contributed by atoms with van der Waals surface area (Å²) in [6.45, 7) is 6.19.